The van der Waals surface area contributed by atoms with E-state index in [1.165, 1.54) is 5.56 Å². The topological polar surface area (TPSA) is 38.8 Å². The zero-order valence-electron chi connectivity index (χ0n) is 15.5. The second-order valence-electron chi connectivity index (χ2n) is 5.97. The fourth-order valence-corrected chi connectivity index (χ4v) is 2.59. The molecule has 0 aliphatic heterocycles. The maximum Gasteiger partial charge on any atom is 0.253 e. The molecule has 25 heavy (non-hydrogen) atoms. The van der Waals surface area contributed by atoms with Crippen LogP contribution in [0, 0.1) is 13.8 Å². The second kappa shape index (κ2) is 9.11. The highest BCUT2D eigenvalue weighted by Gasteiger charge is 2.12. The van der Waals surface area contributed by atoms with Gasteiger partial charge in [0, 0.05) is 18.7 Å². The van der Waals surface area contributed by atoms with Crippen molar-refractivity contribution >= 4 is 5.91 Å². The van der Waals surface area contributed by atoms with Crippen LogP contribution in [0.2, 0.25) is 0 Å². The highest BCUT2D eigenvalue weighted by atomic mass is 16.5. The van der Waals surface area contributed by atoms with E-state index < -0.39 is 0 Å². The van der Waals surface area contributed by atoms with Gasteiger partial charge in [-0.2, -0.15) is 0 Å². The van der Waals surface area contributed by atoms with Crippen LogP contribution < -0.4 is 9.47 Å². The highest BCUT2D eigenvalue weighted by molar-refractivity contribution is 5.94. The molecular weight excluding hydrogens is 314 g/mol. The molecular formula is C21H27NO3. The molecule has 134 valence electrons. The van der Waals surface area contributed by atoms with Gasteiger partial charge in [-0.3, -0.25) is 4.79 Å². The molecule has 0 bridgehead atoms. The van der Waals surface area contributed by atoms with Crippen LogP contribution in [0.1, 0.15) is 35.3 Å². The van der Waals surface area contributed by atoms with Crippen molar-refractivity contribution in [3.8, 4) is 11.5 Å². The van der Waals surface area contributed by atoms with E-state index in [0.717, 1.165) is 11.3 Å². The summed E-state index contributed by atoms with van der Waals surface area (Å²) < 4.78 is 11.5. The first-order valence-electron chi connectivity index (χ1n) is 8.77. The molecule has 4 nitrogen and oxygen atoms in total. The third kappa shape index (κ3) is 5.24. The van der Waals surface area contributed by atoms with Crippen LogP contribution in [-0.2, 0) is 0 Å². The first-order chi connectivity index (χ1) is 12.0. The van der Waals surface area contributed by atoms with Gasteiger partial charge in [0.05, 0.1) is 0 Å². The molecule has 0 fully saturated rings. The van der Waals surface area contributed by atoms with E-state index in [1.54, 1.807) is 11.0 Å². The molecule has 1 amide bonds. The number of carbonyl (C=O) groups is 1. The summed E-state index contributed by atoms with van der Waals surface area (Å²) in [6, 6.07) is 13.5. The summed E-state index contributed by atoms with van der Waals surface area (Å²) in [7, 11) is 0. The van der Waals surface area contributed by atoms with Crippen molar-refractivity contribution in [3.63, 3.8) is 0 Å². The summed E-state index contributed by atoms with van der Waals surface area (Å²) in [6.45, 7) is 10.3. The van der Waals surface area contributed by atoms with Gasteiger partial charge in [-0.05, 0) is 63.1 Å². The molecule has 0 atom stereocenters. The number of nitrogens with zero attached hydrogens (tertiary/aromatic N) is 1. The summed E-state index contributed by atoms with van der Waals surface area (Å²) in [5, 5.41) is 0. The maximum atomic E-state index is 12.4. The van der Waals surface area contributed by atoms with E-state index in [9.17, 15) is 4.79 Å². The lowest BCUT2D eigenvalue weighted by molar-refractivity contribution is 0.0772. The van der Waals surface area contributed by atoms with Crippen molar-refractivity contribution in [3.05, 3.63) is 59.2 Å². The molecule has 0 aromatic heterocycles. The summed E-state index contributed by atoms with van der Waals surface area (Å²) >= 11 is 0. The largest absolute Gasteiger partial charge is 0.490 e. The van der Waals surface area contributed by atoms with Crippen LogP contribution in [0.25, 0.3) is 0 Å². The summed E-state index contributed by atoms with van der Waals surface area (Å²) in [4.78, 5) is 14.2. The number of benzene rings is 2. The van der Waals surface area contributed by atoms with Crippen LogP contribution in [0.4, 0.5) is 0 Å². The zero-order chi connectivity index (χ0) is 18.2. The second-order valence-corrected chi connectivity index (χ2v) is 5.97. The fraction of sp³-hybridized carbons (Fsp3) is 0.381. The van der Waals surface area contributed by atoms with Gasteiger partial charge in [0.25, 0.3) is 5.91 Å². The van der Waals surface area contributed by atoms with E-state index >= 15 is 0 Å². The molecule has 0 saturated heterocycles. The summed E-state index contributed by atoms with van der Waals surface area (Å²) in [5.74, 6) is 1.60. The molecule has 4 heteroatoms. The lowest BCUT2D eigenvalue weighted by Gasteiger charge is -2.19. The normalized spacial score (nSPS) is 10.4. The Labute approximate surface area is 150 Å². The van der Waals surface area contributed by atoms with Crippen LogP contribution >= 0.6 is 0 Å². The Bertz CT molecular complexity index is 708. The minimum Gasteiger partial charge on any atom is -0.490 e. The maximum absolute atomic E-state index is 12.4. The van der Waals surface area contributed by atoms with E-state index in [-0.39, 0.29) is 5.91 Å². The van der Waals surface area contributed by atoms with Gasteiger partial charge in [-0.1, -0.05) is 18.2 Å². The predicted molar refractivity (Wildman–Crippen MR) is 101 cm³/mol. The molecule has 0 aliphatic rings. The summed E-state index contributed by atoms with van der Waals surface area (Å²) in [5.41, 5.74) is 2.93. The van der Waals surface area contributed by atoms with Crippen molar-refractivity contribution in [2.24, 2.45) is 0 Å². The Hall–Kier alpha value is -2.49. The van der Waals surface area contributed by atoms with Crippen LogP contribution in [-0.4, -0.2) is 37.1 Å². The molecule has 0 aliphatic carbocycles. The van der Waals surface area contributed by atoms with Gasteiger partial charge >= 0.3 is 0 Å². The highest BCUT2D eigenvalue weighted by Crippen LogP contribution is 2.19. The van der Waals surface area contributed by atoms with E-state index in [0.29, 0.717) is 37.6 Å². The quantitative estimate of drug-likeness (QED) is 0.674. The Kier molecular flexibility index (Phi) is 6.87. The Morgan fingerprint density at radius 3 is 2.40 bits per heavy atom. The van der Waals surface area contributed by atoms with E-state index in [2.05, 4.69) is 6.07 Å². The average Bonchev–Trinajstić information content (AvgIpc) is 2.62. The van der Waals surface area contributed by atoms with Crippen molar-refractivity contribution in [1.29, 1.82) is 0 Å². The molecule has 2 aromatic rings. The standard InChI is InChI=1S/C21H27NO3/c1-5-22(6-2)21(23)18-8-7-9-19(15-18)24-12-13-25-20-14-16(3)10-11-17(20)4/h7-11,14-15H,5-6,12-13H2,1-4H3. The van der Waals surface area contributed by atoms with Crippen LogP contribution in [0.15, 0.2) is 42.5 Å². The fourth-order valence-electron chi connectivity index (χ4n) is 2.59. The third-order valence-electron chi connectivity index (χ3n) is 4.08. The molecule has 0 spiro atoms. The van der Waals surface area contributed by atoms with Crippen molar-refractivity contribution in [1.82, 2.24) is 4.90 Å². The number of rotatable bonds is 8. The third-order valence-corrected chi connectivity index (χ3v) is 4.08. The molecule has 2 aromatic carbocycles. The number of ether oxygens (including phenoxy) is 2. The van der Waals surface area contributed by atoms with Gasteiger partial charge in [0.2, 0.25) is 0 Å². The van der Waals surface area contributed by atoms with Crippen molar-refractivity contribution in [2.45, 2.75) is 27.7 Å². The van der Waals surface area contributed by atoms with Crippen LogP contribution in [0.3, 0.4) is 0 Å². The monoisotopic (exact) mass is 341 g/mol. The lowest BCUT2D eigenvalue weighted by Crippen LogP contribution is -2.30. The van der Waals surface area contributed by atoms with Gasteiger partial charge in [0.1, 0.15) is 24.7 Å². The molecule has 0 unspecified atom stereocenters. The predicted octanol–water partition coefficient (Wildman–Crippen LogP) is 4.24. The first kappa shape index (κ1) is 18.8. The zero-order valence-corrected chi connectivity index (χ0v) is 15.5. The Morgan fingerprint density at radius 1 is 0.960 bits per heavy atom. The minimum absolute atomic E-state index is 0.0297. The SMILES string of the molecule is CCN(CC)C(=O)c1cccc(OCCOc2cc(C)ccc2C)c1. The average molecular weight is 341 g/mol. The van der Waals surface area contributed by atoms with Gasteiger partial charge in [0.15, 0.2) is 0 Å². The number of hydrogen-bond donors (Lipinski definition) is 0. The number of amides is 1. The molecule has 0 radical (unpaired) electrons. The molecule has 2 rings (SSSR count). The lowest BCUT2D eigenvalue weighted by atomic mass is 10.1. The molecule has 0 saturated carbocycles. The molecule has 0 N–H and O–H groups in total. The Morgan fingerprint density at radius 2 is 1.68 bits per heavy atom. The van der Waals surface area contributed by atoms with E-state index in [1.807, 2.05) is 58.0 Å². The van der Waals surface area contributed by atoms with Crippen molar-refractivity contribution in [2.75, 3.05) is 26.3 Å². The van der Waals surface area contributed by atoms with E-state index in [4.69, 9.17) is 9.47 Å². The number of hydrogen-bond acceptors (Lipinski definition) is 3. The number of aryl methyl sites for hydroxylation is 2. The van der Waals surface area contributed by atoms with Crippen LogP contribution in [0.5, 0.6) is 11.5 Å². The van der Waals surface area contributed by atoms with Crippen molar-refractivity contribution < 1.29 is 14.3 Å². The Balaban J connectivity index is 1.90. The minimum atomic E-state index is 0.0297. The number of carbonyl (C=O) groups excluding carboxylic acids is 1. The summed E-state index contributed by atoms with van der Waals surface area (Å²) in [6.07, 6.45) is 0. The smallest absolute Gasteiger partial charge is 0.253 e. The van der Waals surface area contributed by atoms with Gasteiger partial charge in [-0.15, -0.1) is 0 Å². The molecule has 0 heterocycles. The van der Waals surface area contributed by atoms with Gasteiger partial charge in [-0.25, -0.2) is 0 Å². The van der Waals surface area contributed by atoms with Gasteiger partial charge < -0.3 is 14.4 Å². The first-order valence-corrected chi connectivity index (χ1v) is 8.77.